The Morgan fingerprint density at radius 1 is 1.03 bits per heavy atom. The van der Waals surface area contributed by atoms with Gasteiger partial charge in [0.15, 0.2) is 11.4 Å². The number of aromatic hydroxyl groups is 1. The second-order valence-electron chi connectivity index (χ2n) is 7.77. The van der Waals surface area contributed by atoms with E-state index in [4.69, 9.17) is 11.6 Å². The SMILES string of the molecule is O=C1NC(=O)C(Cn2cc3ccc(F)cc3c2O)(c2ccc(-c3c[nH]c(=O)c(Cl)c3)cc2)N1. The Bertz CT molecular complexity index is 1490. The lowest BCUT2D eigenvalue weighted by Gasteiger charge is -2.27. The topological polar surface area (TPSA) is 116 Å². The van der Waals surface area contributed by atoms with E-state index < -0.39 is 28.9 Å². The maximum Gasteiger partial charge on any atom is 0.322 e. The van der Waals surface area contributed by atoms with Crippen molar-refractivity contribution in [3.63, 3.8) is 0 Å². The van der Waals surface area contributed by atoms with Gasteiger partial charge in [-0.05, 0) is 41.0 Å². The molecule has 1 fully saturated rings. The van der Waals surface area contributed by atoms with Crippen LogP contribution in [0.15, 0.2) is 65.7 Å². The van der Waals surface area contributed by atoms with Gasteiger partial charge in [0, 0.05) is 23.2 Å². The third kappa shape index (κ3) is 3.42. The van der Waals surface area contributed by atoms with Gasteiger partial charge in [-0.15, -0.1) is 0 Å². The fourth-order valence-corrected chi connectivity index (χ4v) is 4.23. The number of nitrogens with one attached hydrogen (secondary N) is 3. The van der Waals surface area contributed by atoms with Crippen LogP contribution in [-0.2, 0) is 16.9 Å². The van der Waals surface area contributed by atoms with E-state index in [-0.39, 0.29) is 17.4 Å². The smallest absolute Gasteiger partial charge is 0.322 e. The Labute approximate surface area is 190 Å². The van der Waals surface area contributed by atoms with E-state index in [9.17, 15) is 23.9 Å². The molecule has 166 valence electrons. The number of halogens is 2. The first-order valence-electron chi connectivity index (χ1n) is 9.87. The standard InChI is InChI=1S/C23H16ClFN4O4/c24-18-7-14(9-26-19(18)30)12-1-4-15(5-2-12)23(21(32)27-22(33)28-23)11-29-10-13-3-6-16(25)8-17(13)20(29)31/h1-10,31H,11H2,(H,26,30)(H2,27,28,32,33). The maximum atomic E-state index is 13.6. The summed E-state index contributed by atoms with van der Waals surface area (Å²) in [4.78, 5) is 39.1. The molecule has 1 atom stereocenters. The van der Waals surface area contributed by atoms with Gasteiger partial charge < -0.3 is 20.0 Å². The summed E-state index contributed by atoms with van der Waals surface area (Å²) in [6.45, 7) is -0.128. The van der Waals surface area contributed by atoms with E-state index in [2.05, 4.69) is 15.6 Å². The van der Waals surface area contributed by atoms with Crippen molar-refractivity contribution in [3.05, 3.63) is 87.7 Å². The van der Waals surface area contributed by atoms with Gasteiger partial charge in [0.1, 0.15) is 10.8 Å². The molecular weight excluding hydrogens is 451 g/mol. The lowest BCUT2D eigenvalue weighted by atomic mass is 9.88. The molecular formula is C23H16ClFN4O4. The monoisotopic (exact) mass is 466 g/mol. The summed E-state index contributed by atoms with van der Waals surface area (Å²) in [6, 6.07) is 11.6. The van der Waals surface area contributed by atoms with Crippen LogP contribution in [0.5, 0.6) is 5.88 Å². The van der Waals surface area contributed by atoms with Crippen molar-refractivity contribution in [2.75, 3.05) is 0 Å². The minimum Gasteiger partial charge on any atom is -0.494 e. The number of hydrogen-bond donors (Lipinski definition) is 4. The number of carbonyl (C=O) groups excluding carboxylic acids is 2. The summed E-state index contributed by atoms with van der Waals surface area (Å²) < 4.78 is 15.0. The lowest BCUT2D eigenvalue weighted by Crippen LogP contribution is -2.47. The number of pyridine rings is 1. The van der Waals surface area contributed by atoms with Crippen LogP contribution in [0.25, 0.3) is 21.9 Å². The van der Waals surface area contributed by atoms with E-state index in [0.29, 0.717) is 21.9 Å². The van der Waals surface area contributed by atoms with Gasteiger partial charge in [-0.25, -0.2) is 9.18 Å². The van der Waals surface area contributed by atoms with Crippen LogP contribution >= 0.6 is 11.6 Å². The average molecular weight is 467 g/mol. The second-order valence-corrected chi connectivity index (χ2v) is 8.18. The molecule has 1 saturated heterocycles. The zero-order chi connectivity index (χ0) is 23.3. The van der Waals surface area contributed by atoms with Gasteiger partial charge in [-0.2, -0.15) is 0 Å². The largest absolute Gasteiger partial charge is 0.494 e. The molecule has 8 nitrogen and oxygen atoms in total. The van der Waals surface area contributed by atoms with Crippen molar-refractivity contribution in [3.8, 4) is 17.0 Å². The predicted molar refractivity (Wildman–Crippen MR) is 119 cm³/mol. The van der Waals surface area contributed by atoms with E-state index in [1.807, 2.05) is 0 Å². The number of urea groups is 1. The van der Waals surface area contributed by atoms with E-state index in [1.54, 1.807) is 30.5 Å². The van der Waals surface area contributed by atoms with Crippen LogP contribution in [-0.4, -0.2) is 26.6 Å². The van der Waals surface area contributed by atoms with Gasteiger partial charge in [0.05, 0.1) is 6.54 Å². The molecule has 2 aromatic heterocycles. The second kappa shape index (κ2) is 7.49. The number of aromatic amines is 1. The molecule has 0 bridgehead atoms. The molecule has 0 radical (unpaired) electrons. The molecule has 4 N–H and O–H groups in total. The van der Waals surface area contributed by atoms with Gasteiger partial charge in [-0.3, -0.25) is 14.9 Å². The van der Waals surface area contributed by atoms with Crippen molar-refractivity contribution in [1.29, 1.82) is 0 Å². The Morgan fingerprint density at radius 2 is 1.79 bits per heavy atom. The third-order valence-electron chi connectivity index (χ3n) is 5.74. The average Bonchev–Trinajstić information content (AvgIpc) is 3.25. The molecule has 1 aliphatic rings. The van der Waals surface area contributed by atoms with Gasteiger partial charge in [0.25, 0.3) is 11.5 Å². The molecule has 1 unspecified atom stereocenters. The minimum atomic E-state index is -1.51. The Balaban J connectivity index is 1.57. The minimum absolute atomic E-state index is 0.0436. The number of rotatable bonds is 4. The van der Waals surface area contributed by atoms with E-state index >= 15 is 0 Å². The fraction of sp³-hybridized carbons (Fsp3) is 0.0870. The summed E-state index contributed by atoms with van der Waals surface area (Å²) in [5.41, 5.74) is -0.0598. The van der Waals surface area contributed by atoms with Crippen molar-refractivity contribution >= 4 is 34.3 Å². The van der Waals surface area contributed by atoms with E-state index in [1.165, 1.54) is 35.0 Å². The molecule has 33 heavy (non-hydrogen) atoms. The summed E-state index contributed by atoms with van der Waals surface area (Å²) in [7, 11) is 0. The molecule has 4 aromatic rings. The van der Waals surface area contributed by atoms with Crippen LogP contribution in [0, 0.1) is 5.82 Å². The number of amides is 3. The molecule has 2 aromatic carbocycles. The lowest BCUT2D eigenvalue weighted by molar-refractivity contribution is -0.124. The number of fused-ring (bicyclic) bond motifs is 1. The van der Waals surface area contributed by atoms with Crippen LogP contribution in [0.2, 0.25) is 5.02 Å². The first-order valence-corrected chi connectivity index (χ1v) is 10.2. The number of hydrogen-bond acceptors (Lipinski definition) is 4. The number of H-pyrrole nitrogens is 1. The van der Waals surface area contributed by atoms with Crippen molar-refractivity contribution in [2.24, 2.45) is 0 Å². The van der Waals surface area contributed by atoms with Gasteiger partial charge in [0.2, 0.25) is 0 Å². The van der Waals surface area contributed by atoms with Crippen molar-refractivity contribution in [1.82, 2.24) is 20.2 Å². The van der Waals surface area contributed by atoms with Crippen LogP contribution in [0.4, 0.5) is 9.18 Å². The zero-order valence-electron chi connectivity index (χ0n) is 16.9. The number of carbonyl (C=O) groups is 2. The first-order chi connectivity index (χ1) is 15.8. The number of benzene rings is 2. The molecule has 3 heterocycles. The summed E-state index contributed by atoms with van der Waals surface area (Å²) >= 11 is 5.91. The normalized spacial score (nSPS) is 17.9. The Kier molecular flexibility index (Phi) is 4.71. The summed E-state index contributed by atoms with van der Waals surface area (Å²) in [5, 5.41) is 16.5. The predicted octanol–water partition coefficient (Wildman–Crippen LogP) is 3.23. The highest BCUT2D eigenvalue weighted by molar-refractivity contribution is 6.30. The molecule has 1 aliphatic heterocycles. The molecule has 10 heteroatoms. The molecule has 3 amide bonds. The molecule has 0 saturated carbocycles. The van der Waals surface area contributed by atoms with Crippen LogP contribution in [0.1, 0.15) is 5.56 Å². The molecule has 5 rings (SSSR count). The van der Waals surface area contributed by atoms with Gasteiger partial charge >= 0.3 is 6.03 Å². The first kappa shape index (κ1) is 20.8. The highest BCUT2D eigenvalue weighted by Gasteiger charge is 2.48. The highest BCUT2D eigenvalue weighted by atomic mass is 35.5. The van der Waals surface area contributed by atoms with Crippen LogP contribution < -0.4 is 16.2 Å². The summed E-state index contributed by atoms with van der Waals surface area (Å²) in [6.07, 6.45) is 3.10. The summed E-state index contributed by atoms with van der Waals surface area (Å²) in [5.74, 6) is -1.32. The van der Waals surface area contributed by atoms with E-state index in [0.717, 1.165) is 5.56 Å². The van der Waals surface area contributed by atoms with Crippen molar-refractivity contribution in [2.45, 2.75) is 12.1 Å². The fourth-order valence-electron chi connectivity index (χ4n) is 4.06. The van der Waals surface area contributed by atoms with Gasteiger partial charge in [-0.1, -0.05) is 35.9 Å². The molecule has 0 aliphatic carbocycles. The Morgan fingerprint density at radius 3 is 2.45 bits per heavy atom. The number of aromatic nitrogens is 2. The van der Waals surface area contributed by atoms with Crippen LogP contribution in [0.3, 0.4) is 0 Å². The molecule has 0 spiro atoms. The quantitative estimate of drug-likeness (QED) is 0.345. The number of imide groups is 1. The van der Waals surface area contributed by atoms with Crippen molar-refractivity contribution < 1.29 is 19.1 Å². The highest BCUT2D eigenvalue weighted by Crippen LogP contribution is 2.34. The Hall–Kier alpha value is -4.11. The third-order valence-corrected chi connectivity index (χ3v) is 6.02. The number of nitrogens with zero attached hydrogens (tertiary/aromatic N) is 1. The zero-order valence-corrected chi connectivity index (χ0v) is 17.6. The maximum absolute atomic E-state index is 13.6.